The van der Waals surface area contributed by atoms with Crippen LogP contribution in [-0.4, -0.2) is 56.2 Å². The summed E-state index contributed by atoms with van der Waals surface area (Å²) >= 11 is -0.975. The van der Waals surface area contributed by atoms with Gasteiger partial charge in [-0.05, 0) is 0 Å². The molecule has 0 spiro atoms. The molecule has 0 atom stereocenters. The maximum atomic E-state index is 2.74. The monoisotopic (exact) mass is 212 g/mol. The van der Waals surface area contributed by atoms with E-state index in [4.69, 9.17) is 0 Å². The van der Waals surface area contributed by atoms with E-state index in [0.717, 1.165) is 0 Å². The van der Waals surface area contributed by atoms with Gasteiger partial charge in [0.15, 0.2) is 0 Å². The molecule has 1 heterocycles. The summed E-state index contributed by atoms with van der Waals surface area (Å²) in [5.41, 5.74) is 2.51. The molecule has 0 bridgehead atoms. The Balaban J connectivity index is 2.34. The van der Waals surface area contributed by atoms with Crippen LogP contribution in [-0.2, 0) is 0 Å². The molecule has 0 unspecified atom stereocenters. The van der Waals surface area contributed by atoms with E-state index in [1.807, 2.05) is 0 Å². The van der Waals surface area contributed by atoms with Crippen LogP contribution in [0.4, 0.5) is 0 Å². The molecule has 1 saturated heterocycles. The third-order valence-electron chi connectivity index (χ3n) is 2.70. The van der Waals surface area contributed by atoms with Crippen LogP contribution in [0, 0.1) is 0 Å². The van der Waals surface area contributed by atoms with Crippen LogP contribution in [0.3, 0.4) is 0 Å². The Morgan fingerprint density at radius 3 is 2.36 bits per heavy atom. The van der Waals surface area contributed by atoms with Gasteiger partial charge in [-0.3, -0.25) is 0 Å². The normalized spacial score (nSPS) is 22.6. The van der Waals surface area contributed by atoms with Crippen LogP contribution >= 0.6 is 0 Å². The van der Waals surface area contributed by atoms with Crippen LogP contribution in [0.2, 0.25) is 5.48 Å². The third-order valence-corrected chi connectivity index (χ3v) is 8.82. The summed E-state index contributed by atoms with van der Waals surface area (Å²) in [5.74, 6) is 0. The first kappa shape index (κ1) is 9.64. The van der Waals surface area contributed by atoms with Gasteiger partial charge in [-0.1, -0.05) is 0 Å². The van der Waals surface area contributed by atoms with E-state index in [-0.39, 0.29) is 0 Å². The molecule has 3 heteroatoms. The molecule has 0 aromatic heterocycles. The summed E-state index contributed by atoms with van der Waals surface area (Å²) in [7, 11) is 0. The van der Waals surface area contributed by atoms with Crippen LogP contribution < -0.4 is 0 Å². The van der Waals surface area contributed by atoms with Crippen LogP contribution in [0.5, 0.6) is 0 Å². The fraction of sp³-hybridized carbons (Fsp3) is 1.00. The van der Waals surface area contributed by atoms with E-state index in [2.05, 4.69) is 27.8 Å². The molecule has 1 rings (SSSR count). The first-order valence-electron chi connectivity index (χ1n) is 4.74. The van der Waals surface area contributed by atoms with Crippen molar-refractivity contribution in [2.45, 2.75) is 19.3 Å². The Morgan fingerprint density at radius 2 is 1.91 bits per heavy atom. The third kappa shape index (κ3) is 2.51. The molecule has 0 aromatic rings. The predicted molar refractivity (Wildman–Crippen MR) is 51.0 cm³/mol. The average Bonchev–Trinajstić information content (AvgIpc) is 2.04. The first-order valence-corrected chi connectivity index (χ1v) is 9.96. The molecule has 1 aliphatic rings. The second-order valence-corrected chi connectivity index (χ2v) is 9.23. The van der Waals surface area contributed by atoms with Gasteiger partial charge >= 0.3 is 75.6 Å². The van der Waals surface area contributed by atoms with Crippen molar-refractivity contribution in [3.8, 4) is 0 Å². The molecule has 0 saturated carbocycles. The van der Waals surface area contributed by atoms with E-state index in [0.29, 0.717) is 0 Å². The fourth-order valence-electron chi connectivity index (χ4n) is 1.83. The molecule has 0 amide bonds. The van der Waals surface area contributed by atoms with Gasteiger partial charge < -0.3 is 0 Å². The Hall–Kier alpha value is 0.556. The van der Waals surface area contributed by atoms with Crippen molar-refractivity contribution in [3.05, 3.63) is 0 Å². The Morgan fingerprint density at radius 1 is 1.18 bits per heavy atom. The van der Waals surface area contributed by atoms with E-state index < -0.39 is 16.5 Å². The number of nitrogens with zero attached hydrogens (tertiary/aromatic N) is 2. The minimum absolute atomic E-state index is 0.975. The predicted octanol–water partition coefficient (Wildman–Crippen LogP) is 0.804. The molecule has 1 fully saturated rings. The fourth-order valence-corrected chi connectivity index (χ4v) is 7.28. The Labute approximate surface area is 75.9 Å². The molecule has 0 radical (unpaired) electrons. The second-order valence-electron chi connectivity index (χ2n) is 3.37. The van der Waals surface area contributed by atoms with Gasteiger partial charge in [0.2, 0.25) is 0 Å². The van der Waals surface area contributed by atoms with Crippen molar-refractivity contribution in [1.29, 1.82) is 0 Å². The zero-order valence-electron chi connectivity index (χ0n) is 8.01. The van der Waals surface area contributed by atoms with Gasteiger partial charge in [-0.25, -0.2) is 0 Å². The average molecular weight is 213 g/mol. The molecular formula is C8H19GaN2. The van der Waals surface area contributed by atoms with Crippen molar-refractivity contribution < 1.29 is 0 Å². The van der Waals surface area contributed by atoms with Gasteiger partial charge in [-0.2, -0.15) is 0 Å². The first-order chi connectivity index (χ1) is 5.27. The molecule has 11 heavy (non-hydrogen) atoms. The summed E-state index contributed by atoms with van der Waals surface area (Å²) in [6, 6.07) is 0. The zero-order valence-corrected chi connectivity index (χ0v) is 10.4. The number of hydrogen-bond donors (Lipinski definition) is 0. The molecule has 64 valence electrons. The summed E-state index contributed by atoms with van der Waals surface area (Å²) in [4.78, 5) is 2.61. The SMILES string of the molecule is CCN1CC[N](CC)[Ga]([CH3])[CH2]1. The number of likely N-dealkylation sites (N-methyl/N-ethyl adjacent to an activating group) is 2. The zero-order chi connectivity index (χ0) is 8.27. The van der Waals surface area contributed by atoms with Crippen molar-refractivity contribution in [2.24, 2.45) is 0 Å². The van der Waals surface area contributed by atoms with E-state index in [1.54, 1.807) is 0 Å². The molecule has 1 aliphatic heterocycles. The maximum absolute atomic E-state index is 2.74. The van der Waals surface area contributed by atoms with Gasteiger partial charge in [-0.15, -0.1) is 0 Å². The van der Waals surface area contributed by atoms with Crippen molar-refractivity contribution in [1.82, 2.24) is 8.51 Å². The van der Waals surface area contributed by atoms with Crippen LogP contribution in [0.1, 0.15) is 13.8 Å². The number of hydrogen-bond acceptors (Lipinski definition) is 2. The molecular weight excluding hydrogens is 194 g/mol. The molecule has 0 aliphatic carbocycles. The van der Waals surface area contributed by atoms with Gasteiger partial charge in [0.25, 0.3) is 0 Å². The standard InChI is InChI=1S/C7H16N2.CH3.Ga/c1-4-8-6-7-9(3)5-2;;/h3-7H2,1-2H3;1H3;/q-1;;+1. The number of rotatable bonds is 2. The van der Waals surface area contributed by atoms with Crippen LogP contribution in [0.15, 0.2) is 0 Å². The van der Waals surface area contributed by atoms with Gasteiger partial charge in [0.05, 0.1) is 0 Å². The quantitative estimate of drug-likeness (QED) is 0.626. The van der Waals surface area contributed by atoms with E-state index in [1.165, 1.54) is 31.3 Å². The van der Waals surface area contributed by atoms with E-state index in [9.17, 15) is 0 Å². The molecule has 0 aromatic carbocycles. The van der Waals surface area contributed by atoms with Crippen molar-refractivity contribution >= 4 is 16.5 Å². The topological polar surface area (TPSA) is 6.48 Å². The summed E-state index contributed by atoms with van der Waals surface area (Å²) in [5, 5.41) is 1.44. The molecule has 0 N–H and O–H groups in total. The molecule has 2 nitrogen and oxygen atoms in total. The Bertz CT molecular complexity index is 119. The van der Waals surface area contributed by atoms with Gasteiger partial charge in [0, 0.05) is 0 Å². The van der Waals surface area contributed by atoms with Gasteiger partial charge in [0.1, 0.15) is 0 Å². The van der Waals surface area contributed by atoms with Crippen LogP contribution in [0.25, 0.3) is 0 Å². The van der Waals surface area contributed by atoms with Crippen molar-refractivity contribution in [2.75, 3.05) is 31.3 Å². The second kappa shape index (κ2) is 4.55. The summed E-state index contributed by atoms with van der Waals surface area (Å²) in [6.07, 6.45) is 0. The van der Waals surface area contributed by atoms with Crippen molar-refractivity contribution in [3.63, 3.8) is 0 Å². The van der Waals surface area contributed by atoms with E-state index >= 15 is 0 Å². The minimum atomic E-state index is -0.975. The summed E-state index contributed by atoms with van der Waals surface area (Å²) < 4.78 is 2.74. The summed E-state index contributed by atoms with van der Waals surface area (Å²) in [6.45, 7) is 9.76. The Kier molecular flexibility index (Phi) is 3.99.